The van der Waals surface area contributed by atoms with Crippen molar-refractivity contribution in [2.45, 2.75) is 31.3 Å². The van der Waals surface area contributed by atoms with E-state index in [0.29, 0.717) is 0 Å². The maximum absolute atomic E-state index is 11.4. The van der Waals surface area contributed by atoms with Crippen molar-refractivity contribution in [3.05, 3.63) is 59.7 Å². The third kappa shape index (κ3) is 2.65. The van der Waals surface area contributed by atoms with Crippen molar-refractivity contribution < 1.29 is 5.11 Å². The highest BCUT2D eigenvalue weighted by Gasteiger charge is 2.39. The minimum atomic E-state index is -1.18. The van der Waals surface area contributed by atoms with Gasteiger partial charge in [-0.2, -0.15) is 0 Å². The van der Waals surface area contributed by atoms with Gasteiger partial charge in [0.25, 0.3) is 0 Å². The van der Waals surface area contributed by atoms with Crippen LogP contribution in [0.3, 0.4) is 0 Å². The molecule has 1 heterocycles. The van der Waals surface area contributed by atoms with E-state index in [1.165, 1.54) is 25.7 Å². The Morgan fingerprint density at radius 2 is 1.38 bits per heavy atom. The van der Waals surface area contributed by atoms with Crippen LogP contribution in [0, 0.1) is 11.8 Å². The van der Waals surface area contributed by atoms with Gasteiger partial charge in [-0.25, -0.2) is 0 Å². The highest BCUT2D eigenvalue weighted by atomic mass is 16.3. The number of rotatable bonds is 1. The van der Waals surface area contributed by atoms with Crippen LogP contribution in [0.25, 0.3) is 11.1 Å². The lowest BCUT2D eigenvalue weighted by Gasteiger charge is -2.20. The van der Waals surface area contributed by atoms with Crippen LogP contribution >= 0.6 is 0 Å². The van der Waals surface area contributed by atoms with Crippen LogP contribution in [-0.2, 0) is 5.60 Å². The van der Waals surface area contributed by atoms with Crippen molar-refractivity contribution in [2.75, 3.05) is 19.6 Å². The second kappa shape index (κ2) is 6.43. The van der Waals surface area contributed by atoms with E-state index in [9.17, 15) is 5.11 Å². The van der Waals surface area contributed by atoms with Crippen molar-refractivity contribution in [2.24, 2.45) is 0 Å². The first kappa shape index (κ1) is 15.4. The maximum Gasteiger partial charge on any atom is 0.178 e. The molecule has 0 saturated carbocycles. The number of benzene rings is 2. The molecule has 2 aromatic carbocycles. The predicted octanol–water partition coefficient (Wildman–Crippen LogP) is 3.78. The summed E-state index contributed by atoms with van der Waals surface area (Å²) < 4.78 is 0. The van der Waals surface area contributed by atoms with Gasteiger partial charge in [-0.1, -0.05) is 73.2 Å². The summed E-state index contributed by atoms with van der Waals surface area (Å²) in [6.07, 6.45) is 5.18. The van der Waals surface area contributed by atoms with Crippen LogP contribution in [0.2, 0.25) is 0 Å². The molecule has 2 aromatic rings. The molecule has 4 rings (SSSR count). The number of likely N-dealkylation sites (tertiary alicyclic amines) is 1. The fraction of sp³-hybridized carbons (Fsp3) is 0.364. The Labute approximate surface area is 144 Å². The average Bonchev–Trinajstić information content (AvgIpc) is 2.78. The normalized spacial score (nSPS) is 18.9. The zero-order chi connectivity index (χ0) is 16.4. The minimum absolute atomic E-state index is 0.743. The van der Waals surface area contributed by atoms with Gasteiger partial charge < -0.3 is 5.11 Å². The second-order valence-corrected chi connectivity index (χ2v) is 6.79. The third-order valence-electron chi connectivity index (χ3n) is 5.19. The smallest absolute Gasteiger partial charge is 0.178 e. The molecule has 1 saturated heterocycles. The minimum Gasteiger partial charge on any atom is -0.369 e. The van der Waals surface area contributed by atoms with Gasteiger partial charge in [-0.15, -0.1) is 0 Å². The van der Waals surface area contributed by atoms with E-state index in [-0.39, 0.29) is 0 Å². The fourth-order valence-corrected chi connectivity index (χ4v) is 3.92. The molecule has 1 fully saturated rings. The summed E-state index contributed by atoms with van der Waals surface area (Å²) >= 11 is 0. The molecule has 2 heteroatoms. The highest BCUT2D eigenvalue weighted by molar-refractivity contribution is 5.81. The first-order valence-corrected chi connectivity index (χ1v) is 8.93. The third-order valence-corrected chi connectivity index (χ3v) is 5.19. The lowest BCUT2D eigenvalue weighted by atomic mass is 9.92. The van der Waals surface area contributed by atoms with Crippen LogP contribution in [0.4, 0.5) is 0 Å². The summed E-state index contributed by atoms with van der Waals surface area (Å²) in [7, 11) is 0. The fourth-order valence-electron chi connectivity index (χ4n) is 3.92. The monoisotopic (exact) mass is 317 g/mol. The van der Waals surface area contributed by atoms with Crippen molar-refractivity contribution >= 4 is 0 Å². The van der Waals surface area contributed by atoms with E-state index in [2.05, 4.69) is 28.9 Å². The molecular formula is C22H23NO. The lowest BCUT2D eigenvalue weighted by Crippen LogP contribution is -2.26. The van der Waals surface area contributed by atoms with Crippen molar-refractivity contribution in [1.29, 1.82) is 0 Å². The first-order chi connectivity index (χ1) is 11.8. The topological polar surface area (TPSA) is 23.5 Å². The number of aliphatic hydroxyl groups is 1. The molecule has 2 nitrogen and oxygen atoms in total. The van der Waals surface area contributed by atoms with Crippen LogP contribution < -0.4 is 0 Å². The van der Waals surface area contributed by atoms with E-state index >= 15 is 0 Å². The molecule has 0 spiro atoms. The zero-order valence-electron chi connectivity index (χ0n) is 14.0. The van der Waals surface area contributed by atoms with E-state index < -0.39 is 5.60 Å². The Kier molecular flexibility index (Phi) is 4.14. The second-order valence-electron chi connectivity index (χ2n) is 6.79. The molecule has 122 valence electrons. The highest BCUT2D eigenvalue weighted by Crippen LogP contribution is 2.46. The molecule has 0 aromatic heterocycles. The van der Waals surface area contributed by atoms with Crippen LogP contribution in [0.1, 0.15) is 36.8 Å². The van der Waals surface area contributed by atoms with E-state index in [1.54, 1.807) is 0 Å². The van der Waals surface area contributed by atoms with E-state index in [0.717, 1.165) is 41.9 Å². The van der Waals surface area contributed by atoms with Gasteiger partial charge in [0.05, 0.1) is 6.54 Å². The SMILES string of the molecule is OC1(C#CCN2CCCCCC2)c2ccccc2-c2ccccc21. The summed E-state index contributed by atoms with van der Waals surface area (Å²) in [6, 6.07) is 16.1. The van der Waals surface area contributed by atoms with Crippen LogP contribution in [0.15, 0.2) is 48.5 Å². The van der Waals surface area contributed by atoms with Gasteiger partial charge in [0.1, 0.15) is 0 Å². The Bertz CT molecular complexity index is 745. The standard InChI is InChI=1S/C22H23NO/c24-22(14-9-17-23-15-7-1-2-8-16-23)20-12-5-3-10-18(20)19-11-4-6-13-21(19)22/h3-6,10-13,24H,1-2,7-8,15-17H2. The molecular weight excluding hydrogens is 294 g/mol. The molecule has 2 aliphatic rings. The van der Waals surface area contributed by atoms with Gasteiger partial charge in [-0.05, 0) is 37.1 Å². The molecule has 0 unspecified atom stereocenters. The van der Waals surface area contributed by atoms with Gasteiger partial charge in [-0.3, -0.25) is 4.90 Å². The van der Waals surface area contributed by atoms with Crippen LogP contribution in [0.5, 0.6) is 0 Å². The lowest BCUT2D eigenvalue weighted by molar-refractivity contribution is 0.150. The summed E-state index contributed by atoms with van der Waals surface area (Å²) in [6.45, 7) is 2.99. The Morgan fingerprint density at radius 3 is 1.96 bits per heavy atom. The Hall–Kier alpha value is -2.08. The molecule has 1 aliphatic carbocycles. The molecule has 1 aliphatic heterocycles. The largest absolute Gasteiger partial charge is 0.369 e. The van der Waals surface area contributed by atoms with Gasteiger partial charge in [0, 0.05) is 11.1 Å². The Balaban J connectivity index is 1.66. The van der Waals surface area contributed by atoms with Crippen molar-refractivity contribution in [3.63, 3.8) is 0 Å². The Morgan fingerprint density at radius 1 is 0.833 bits per heavy atom. The summed E-state index contributed by atoms with van der Waals surface area (Å²) in [5, 5.41) is 11.4. The molecule has 0 bridgehead atoms. The van der Waals surface area contributed by atoms with Gasteiger partial charge in [0.2, 0.25) is 0 Å². The molecule has 0 atom stereocenters. The molecule has 24 heavy (non-hydrogen) atoms. The van der Waals surface area contributed by atoms with Gasteiger partial charge >= 0.3 is 0 Å². The summed E-state index contributed by atoms with van der Waals surface area (Å²) in [5.41, 5.74) is 2.84. The molecule has 0 radical (unpaired) electrons. The molecule has 1 N–H and O–H groups in total. The summed E-state index contributed by atoms with van der Waals surface area (Å²) in [5.74, 6) is 6.48. The maximum atomic E-state index is 11.4. The first-order valence-electron chi connectivity index (χ1n) is 8.93. The summed E-state index contributed by atoms with van der Waals surface area (Å²) in [4.78, 5) is 2.41. The van der Waals surface area contributed by atoms with Crippen LogP contribution in [-0.4, -0.2) is 29.6 Å². The zero-order valence-corrected chi connectivity index (χ0v) is 14.0. The van der Waals surface area contributed by atoms with E-state index in [1.807, 2.05) is 36.4 Å². The average molecular weight is 317 g/mol. The van der Waals surface area contributed by atoms with Crippen molar-refractivity contribution in [1.82, 2.24) is 4.90 Å². The quantitative estimate of drug-likeness (QED) is 0.809. The van der Waals surface area contributed by atoms with E-state index in [4.69, 9.17) is 0 Å². The van der Waals surface area contributed by atoms with Gasteiger partial charge in [0.15, 0.2) is 5.60 Å². The number of fused-ring (bicyclic) bond motifs is 3. The molecule has 0 amide bonds. The number of nitrogens with zero attached hydrogens (tertiary/aromatic N) is 1. The predicted molar refractivity (Wildman–Crippen MR) is 97.6 cm³/mol. The van der Waals surface area contributed by atoms with Crippen molar-refractivity contribution in [3.8, 4) is 23.0 Å². The number of hydrogen-bond acceptors (Lipinski definition) is 2. The number of hydrogen-bond donors (Lipinski definition) is 1.